The van der Waals surface area contributed by atoms with Gasteiger partial charge in [0.1, 0.15) is 6.10 Å². The third kappa shape index (κ3) is 5.86. The summed E-state index contributed by atoms with van der Waals surface area (Å²) in [7, 11) is 0. The molecule has 0 spiro atoms. The molecule has 8 heteroatoms. The van der Waals surface area contributed by atoms with Crippen molar-refractivity contribution in [2.75, 3.05) is 6.61 Å². The summed E-state index contributed by atoms with van der Waals surface area (Å²) < 4.78 is 4.32. The van der Waals surface area contributed by atoms with Gasteiger partial charge in [-0.05, 0) is 21.5 Å². The van der Waals surface area contributed by atoms with Crippen molar-refractivity contribution in [3.8, 4) is 0 Å². The Labute approximate surface area is 135 Å². The summed E-state index contributed by atoms with van der Waals surface area (Å²) in [4.78, 5) is 10.5. The Bertz CT molecular complexity index is 489. The molecule has 22 heavy (non-hydrogen) atoms. The van der Waals surface area contributed by atoms with Gasteiger partial charge in [0, 0.05) is 0 Å². The maximum Gasteiger partial charge on any atom is 0.377 e. The molecule has 0 fully saturated rings. The van der Waals surface area contributed by atoms with Gasteiger partial charge in [-0.25, -0.2) is 4.79 Å². The molecule has 120 valence electrons. The van der Waals surface area contributed by atoms with Gasteiger partial charge < -0.3 is 25.2 Å². The molecule has 0 radical (unpaired) electrons. The van der Waals surface area contributed by atoms with Crippen LogP contribution in [0.3, 0.4) is 0 Å². The highest BCUT2D eigenvalue weighted by atomic mass is 32.1. The number of rotatable bonds is 2. The summed E-state index contributed by atoms with van der Waals surface area (Å²) in [6, 6.07) is 8.07. The fourth-order valence-electron chi connectivity index (χ4n) is 1.28. The van der Waals surface area contributed by atoms with E-state index in [-0.39, 0.29) is 0 Å². The molecular weight excluding hydrogens is 328 g/mol. The van der Waals surface area contributed by atoms with Crippen LogP contribution in [0.25, 0.3) is 0 Å². The van der Waals surface area contributed by atoms with Gasteiger partial charge in [-0.2, -0.15) is 22.7 Å². The van der Waals surface area contributed by atoms with Crippen LogP contribution in [0.5, 0.6) is 0 Å². The lowest BCUT2D eigenvalue weighted by molar-refractivity contribution is -0.147. The van der Waals surface area contributed by atoms with E-state index in [0.29, 0.717) is 0 Å². The molecule has 3 rings (SSSR count). The smallest absolute Gasteiger partial charge is 0.377 e. The van der Waals surface area contributed by atoms with Gasteiger partial charge in [-0.1, -0.05) is 24.3 Å². The molecule has 0 saturated heterocycles. The minimum Gasteiger partial charge on any atom is -0.505 e. The van der Waals surface area contributed by atoms with E-state index in [4.69, 9.17) is 20.4 Å². The van der Waals surface area contributed by atoms with Crippen LogP contribution in [0, 0.1) is 0 Å². The Morgan fingerprint density at radius 2 is 1.50 bits per heavy atom. The highest BCUT2D eigenvalue weighted by Crippen LogP contribution is 2.20. The fraction of sp³-hybridized carbons (Fsp3) is 0.214. The molecular formula is C14H16O6S2. The van der Waals surface area contributed by atoms with E-state index in [0.717, 1.165) is 0 Å². The predicted molar refractivity (Wildman–Crippen MR) is 83.9 cm³/mol. The number of aliphatic hydroxyl groups excluding tert-OH is 4. The Morgan fingerprint density at radius 1 is 1.05 bits per heavy atom. The number of ether oxygens (including phenoxy) is 1. The van der Waals surface area contributed by atoms with Crippen molar-refractivity contribution in [3.63, 3.8) is 0 Å². The summed E-state index contributed by atoms with van der Waals surface area (Å²) in [5.41, 5.74) is 0. The van der Waals surface area contributed by atoms with Crippen LogP contribution in [-0.4, -0.2) is 45.2 Å². The molecule has 3 heterocycles. The zero-order valence-electron chi connectivity index (χ0n) is 11.4. The van der Waals surface area contributed by atoms with E-state index in [2.05, 4.69) is 4.74 Å². The van der Waals surface area contributed by atoms with Crippen molar-refractivity contribution in [3.05, 3.63) is 57.3 Å². The standard InChI is InChI=1S/C6H8O6.2C4H4S/c7-1-2(8)5-3(9)4(10)6(11)12-5;2*1-2-4-5-3-1/h2,5,7-10H,1H2;2*1-4H/t2-,5+;;/m0../s1. The maximum absolute atomic E-state index is 10.5. The Hall–Kier alpha value is -1.87. The lowest BCUT2D eigenvalue weighted by Crippen LogP contribution is -2.31. The highest BCUT2D eigenvalue weighted by molar-refractivity contribution is 7.08. The third-order valence-corrected chi connectivity index (χ3v) is 3.58. The number of thiophene rings is 2. The molecule has 1 aliphatic rings. The van der Waals surface area contributed by atoms with Crippen molar-refractivity contribution in [1.82, 2.24) is 0 Å². The van der Waals surface area contributed by atoms with Crippen LogP contribution in [0.15, 0.2) is 57.3 Å². The SMILES string of the molecule is O=C1O[C@H]([C@@H](O)CO)C(O)=C1O.c1ccsc1.c1ccsc1. The number of hydrogen-bond donors (Lipinski definition) is 4. The topological polar surface area (TPSA) is 107 Å². The molecule has 4 N–H and O–H groups in total. The lowest BCUT2D eigenvalue weighted by atomic mass is 10.2. The minimum absolute atomic E-state index is 0.671. The van der Waals surface area contributed by atoms with Crippen molar-refractivity contribution >= 4 is 28.6 Å². The van der Waals surface area contributed by atoms with Gasteiger partial charge >= 0.3 is 5.97 Å². The van der Waals surface area contributed by atoms with Gasteiger partial charge in [0.15, 0.2) is 11.9 Å². The van der Waals surface area contributed by atoms with Gasteiger partial charge in [0.2, 0.25) is 5.76 Å². The number of aliphatic hydroxyl groups is 4. The van der Waals surface area contributed by atoms with Crippen LogP contribution in [0.2, 0.25) is 0 Å². The van der Waals surface area contributed by atoms with Crippen molar-refractivity contribution < 1.29 is 30.0 Å². The molecule has 0 aliphatic carbocycles. The molecule has 2 aromatic rings. The van der Waals surface area contributed by atoms with Crippen molar-refractivity contribution in [2.45, 2.75) is 12.2 Å². The average Bonchev–Trinajstić information content (AvgIpc) is 3.29. The first-order valence-corrected chi connectivity index (χ1v) is 8.02. The molecule has 1 aliphatic heterocycles. The lowest BCUT2D eigenvalue weighted by Gasteiger charge is -2.13. The highest BCUT2D eigenvalue weighted by Gasteiger charge is 2.38. The molecule has 0 bridgehead atoms. The number of carbonyl (C=O) groups excluding carboxylic acids is 1. The van der Waals surface area contributed by atoms with Crippen molar-refractivity contribution in [2.24, 2.45) is 0 Å². The van der Waals surface area contributed by atoms with E-state index in [9.17, 15) is 4.79 Å². The van der Waals surface area contributed by atoms with E-state index >= 15 is 0 Å². The normalized spacial score (nSPS) is 17.7. The van der Waals surface area contributed by atoms with Gasteiger partial charge in [-0.15, -0.1) is 0 Å². The van der Waals surface area contributed by atoms with Gasteiger partial charge in [-0.3, -0.25) is 0 Å². The fourth-order valence-corrected chi connectivity index (χ4v) is 2.18. The largest absolute Gasteiger partial charge is 0.505 e. The molecule has 6 nitrogen and oxygen atoms in total. The molecule has 2 aromatic heterocycles. The summed E-state index contributed by atoms with van der Waals surface area (Å²) in [5, 5.41) is 43.2. The first kappa shape index (κ1) is 18.2. The Balaban J connectivity index is 0.000000197. The number of carbonyl (C=O) groups is 1. The van der Waals surface area contributed by atoms with Gasteiger partial charge in [0.25, 0.3) is 0 Å². The summed E-state index contributed by atoms with van der Waals surface area (Å²) in [5.74, 6) is -2.78. The Kier molecular flexibility index (Phi) is 8.23. The first-order chi connectivity index (χ1) is 10.6. The second-order valence-corrected chi connectivity index (χ2v) is 5.53. The van der Waals surface area contributed by atoms with Crippen LogP contribution in [-0.2, 0) is 9.53 Å². The molecule has 0 saturated carbocycles. The Morgan fingerprint density at radius 3 is 1.73 bits per heavy atom. The second-order valence-electron chi connectivity index (χ2n) is 3.90. The van der Waals surface area contributed by atoms with Crippen LogP contribution >= 0.6 is 22.7 Å². The summed E-state index contributed by atoms with van der Waals surface area (Å²) in [6.07, 6.45) is -2.78. The number of cyclic esters (lactones) is 1. The predicted octanol–water partition coefficient (Wildman–Crippen LogP) is 2.09. The minimum atomic E-state index is -1.42. The molecule has 0 amide bonds. The average molecular weight is 344 g/mol. The maximum atomic E-state index is 10.5. The zero-order valence-corrected chi connectivity index (χ0v) is 13.0. The zero-order chi connectivity index (χ0) is 16.4. The number of esters is 1. The van der Waals surface area contributed by atoms with Crippen LogP contribution in [0.1, 0.15) is 0 Å². The van der Waals surface area contributed by atoms with E-state index < -0.39 is 36.3 Å². The summed E-state index contributed by atoms with van der Waals surface area (Å²) in [6.45, 7) is -0.671. The first-order valence-electron chi connectivity index (χ1n) is 6.14. The van der Waals surface area contributed by atoms with E-state index in [1.54, 1.807) is 22.7 Å². The monoisotopic (exact) mass is 344 g/mol. The second kappa shape index (κ2) is 9.96. The van der Waals surface area contributed by atoms with Crippen LogP contribution in [0.4, 0.5) is 0 Å². The van der Waals surface area contributed by atoms with E-state index in [1.807, 2.05) is 45.8 Å². The molecule has 0 unspecified atom stereocenters. The van der Waals surface area contributed by atoms with E-state index in [1.165, 1.54) is 0 Å². The molecule has 0 aromatic carbocycles. The quantitative estimate of drug-likeness (QED) is 0.622. The summed E-state index contributed by atoms with van der Waals surface area (Å²) >= 11 is 3.43. The number of hydrogen-bond acceptors (Lipinski definition) is 8. The van der Waals surface area contributed by atoms with Crippen molar-refractivity contribution in [1.29, 1.82) is 0 Å². The van der Waals surface area contributed by atoms with Gasteiger partial charge in [0.05, 0.1) is 6.61 Å². The molecule has 2 atom stereocenters. The van der Waals surface area contributed by atoms with Crippen LogP contribution < -0.4 is 0 Å². The third-order valence-electron chi connectivity index (χ3n) is 2.33.